The Balaban J connectivity index is 3.34. The number of methoxy groups -OCH3 is 1. The minimum absolute atomic E-state index is 0.371. The smallest absolute Gasteiger partial charge is 0.355 e. The van der Waals surface area contributed by atoms with Crippen LogP contribution in [0.2, 0.25) is 0 Å². The lowest BCUT2D eigenvalue weighted by Crippen LogP contribution is -2.12. The van der Waals surface area contributed by atoms with Crippen molar-refractivity contribution in [2.24, 2.45) is 0 Å². The van der Waals surface area contributed by atoms with Gasteiger partial charge in [0.2, 0.25) is 0 Å². The van der Waals surface area contributed by atoms with E-state index < -0.39 is 5.97 Å². The van der Waals surface area contributed by atoms with Crippen molar-refractivity contribution in [3.8, 4) is 0 Å². The standard InChI is InChI=1S/C10H10Br2N2O2/c1-6(11)8(10(15)16-3)14-5-4-13-9(14)7(2)12/h4-5H,2H2,1,3H3/b8-6+. The highest BCUT2D eigenvalue weighted by Gasteiger charge is 2.18. The summed E-state index contributed by atoms with van der Waals surface area (Å²) in [6, 6.07) is 0. The van der Waals surface area contributed by atoms with E-state index in [0.29, 0.717) is 20.5 Å². The number of imidazole rings is 1. The number of hydrogen-bond acceptors (Lipinski definition) is 3. The van der Waals surface area contributed by atoms with Crippen molar-refractivity contribution in [3.05, 3.63) is 29.3 Å². The first-order valence-electron chi connectivity index (χ1n) is 4.32. The molecule has 0 bridgehead atoms. The van der Waals surface area contributed by atoms with E-state index in [0.717, 1.165) is 0 Å². The predicted octanol–water partition coefficient (Wildman–Crippen LogP) is 3.01. The Morgan fingerprint density at radius 1 is 1.56 bits per heavy atom. The lowest BCUT2D eigenvalue weighted by Gasteiger charge is -2.10. The molecule has 1 rings (SSSR count). The topological polar surface area (TPSA) is 44.1 Å². The molecule has 0 fully saturated rings. The van der Waals surface area contributed by atoms with Crippen LogP contribution in [0.4, 0.5) is 0 Å². The minimum Gasteiger partial charge on any atom is -0.464 e. The first kappa shape index (κ1) is 13.2. The van der Waals surface area contributed by atoms with Crippen LogP contribution in [0.25, 0.3) is 10.2 Å². The average molecular weight is 350 g/mol. The van der Waals surface area contributed by atoms with E-state index in [1.807, 2.05) is 0 Å². The van der Waals surface area contributed by atoms with E-state index in [2.05, 4.69) is 43.4 Å². The Kier molecular flexibility index (Phi) is 4.49. The molecule has 0 spiro atoms. The lowest BCUT2D eigenvalue weighted by molar-refractivity contribution is -0.134. The summed E-state index contributed by atoms with van der Waals surface area (Å²) in [6.07, 6.45) is 3.25. The molecule has 0 N–H and O–H groups in total. The van der Waals surface area contributed by atoms with Gasteiger partial charge in [0.1, 0.15) is 5.70 Å². The van der Waals surface area contributed by atoms with E-state index in [4.69, 9.17) is 4.74 Å². The van der Waals surface area contributed by atoms with Crippen molar-refractivity contribution in [1.29, 1.82) is 0 Å². The maximum atomic E-state index is 11.6. The number of carbonyl (C=O) groups is 1. The number of allylic oxidation sites excluding steroid dienone is 1. The number of carbonyl (C=O) groups excluding carboxylic acids is 1. The third kappa shape index (κ3) is 2.62. The van der Waals surface area contributed by atoms with Crippen LogP contribution in [0.3, 0.4) is 0 Å². The monoisotopic (exact) mass is 348 g/mol. The number of ether oxygens (including phenoxy) is 1. The summed E-state index contributed by atoms with van der Waals surface area (Å²) >= 11 is 6.51. The number of esters is 1. The summed E-state index contributed by atoms with van der Waals surface area (Å²) in [5, 5.41) is 0. The van der Waals surface area contributed by atoms with E-state index in [-0.39, 0.29) is 0 Å². The molecule has 0 aliphatic heterocycles. The second-order valence-electron chi connectivity index (χ2n) is 2.90. The van der Waals surface area contributed by atoms with Crippen LogP contribution in [0.1, 0.15) is 12.7 Å². The first-order valence-corrected chi connectivity index (χ1v) is 5.90. The Morgan fingerprint density at radius 3 is 2.62 bits per heavy atom. The van der Waals surface area contributed by atoms with Crippen LogP contribution in [-0.4, -0.2) is 22.6 Å². The summed E-state index contributed by atoms with van der Waals surface area (Å²) < 4.78 is 7.57. The molecular formula is C10H10Br2N2O2. The number of aromatic nitrogens is 2. The summed E-state index contributed by atoms with van der Waals surface area (Å²) in [5.41, 5.74) is 0.371. The molecule has 0 aliphatic carbocycles. The van der Waals surface area contributed by atoms with Gasteiger partial charge in [-0.2, -0.15) is 0 Å². The van der Waals surface area contributed by atoms with E-state index in [1.54, 1.807) is 23.9 Å². The van der Waals surface area contributed by atoms with Crippen molar-refractivity contribution in [2.45, 2.75) is 6.92 Å². The number of rotatable bonds is 3. The van der Waals surface area contributed by atoms with Gasteiger partial charge < -0.3 is 4.74 Å². The molecule has 0 unspecified atom stereocenters. The normalized spacial score (nSPS) is 12.0. The molecule has 0 saturated heterocycles. The number of nitrogens with zero attached hydrogens (tertiary/aromatic N) is 2. The molecule has 1 aromatic heterocycles. The van der Waals surface area contributed by atoms with Crippen LogP contribution in [0.5, 0.6) is 0 Å². The third-order valence-electron chi connectivity index (χ3n) is 1.83. The highest BCUT2D eigenvalue weighted by Crippen LogP contribution is 2.24. The van der Waals surface area contributed by atoms with Crippen molar-refractivity contribution < 1.29 is 9.53 Å². The molecule has 0 aromatic carbocycles. The summed E-state index contributed by atoms with van der Waals surface area (Å²) in [6.45, 7) is 5.49. The van der Waals surface area contributed by atoms with Crippen LogP contribution in [0.15, 0.2) is 23.5 Å². The Bertz CT molecular complexity index is 459. The van der Waals surface area contributed by atoms with Gasteiger partial charge in [0.15, 0.2) is 5.82 Å². The fourth-order valence-electron chi connectivity index (χ4n) is 1.19. The molecule has 1 aromatic rings. The molecular weight excluding hydrogens is 340 g/mol. The van der Waals surface area contributed by atoms with E-state index >= 15 is 0 Å². The maximum absolute atomic E-state index is 11.6. The van der Waals surface area contributed by atoms with Gasteiger partial charge in [-0.1, -0.05) is 22.5 Å². The molecule has 0 atom stereocenters. The zero-order valence-electron chi connectivity index (χ0n) is 8.83. The van der Waals surface area contributed by atoms with Crippen LogP contribution in [0, 0.1) is 0 Å². The zero-order valence-corrected chi connectivity index (χ0v) is 12.0. The van der Waals surface area contributed by atoms with Gasteiger partial charge in [-0.3, -0.25) is 4.57 Å². The van der Waals surface area contributed by atoms with Gasteiger partial charge in [-0.15, -0.1) is 0 Å². The molecule has 0 radical (unpaired) electrons. The number of hydrogen-bond donors (Lipinski definition) is 0. The van der Waals surface area contributed by atoms with Gasteiger partial charge in [0.05, 0.1) is 11.6 Å². The van der Waals surface area contributed by atoms with Crippen molar-refractivity contribution >= 4 is 48.0 Å². The molecule has 86 valence electrons. The summed E-state index contributed by atoms with van der Waals surface area (Å²) in [4.78, 5) is 15.7. The van der Waals surface area contributed by atoms with E-state index in [1.165, 1.54) is 7.11 Å². The quantitative estimate of drug-likeness (QED) is 0.622. The summed E-state index contributed by atoms with van der Waals surface area (Å²) in [7, 11) is 1.33. The second kappa shape index (κ2) is 5.45. The number of halogens is 2. The van der Waals surface area contributed by atoms with Crippen LogP contribution >= 0.6 is 31.9 Å². The fourth-order valence-corrected chi connectivity index (χ4v) is 1.83. The maximum Gasteiger partial charge on any atom is 0.355 e. The average Bonchev–Trinajstić information content (AvgIpc) is 2.66. The molecule has 16 heavy (non-hydrogen) atoms. The van der Waals surface area contributed by atoms with Gasteiger partial charge in [0, 0.05) is 16.9 Å². The first-order chi connectivity index (χ1) is 7.49. The highest BCUT2D eigenvalue weighted by atomic mass is 79.9. The Morgan fingerprint density at radius 2 is 2.19 bits per heavy atom. The third-order valence-corrected chi connectivity index (χ3v) is 2.56. The van der Waals surface area contributed by atoms with Crippen LogP contribution < -0.4 is 0 Å². The van der Waals surface area contributed by atoms with Gasteiger partial charge >= 0.3 is 5.97 Å². The second-order valence-corrected chi connectivity index (χ2v) is 5.05. The largest absolute Gasteiger partial charge is 0.464 e. The highest BCUT2D eigenvalue weighted by molar-refractivity contribution is 9.15. The molecule has 0 aliphatic rings. The molecule has 1 heterocycles. The van der Waals surface area contributed by atoms with Crippen molar-refractivity contribution in [1.82, 2.24) is 9.55 Å². The van der Waals surface area contributed by atoms with Crippen molar-refractivity contribution in [2.75, 3.05) is 7.11 Å². The van der Waals surface area contributed by atoms with Crippen LogP contribution in [-0.2, 0) is 9.53 Å². The lowest BCUT2D eigenvalue weighted by atomic mass is 10.4. The fraction of sp³-hybridized carbons (Fsp3) is 0.200. The molecule has 6 heteroatoms. The zero-order chi connectivity index (χ0) is 12.3. The minimum atomic E-state index is -0.442. The van der Waals surface area contributed by atoms with E-state index in [9.17, 15) is 4.79 Å². The van der Waals surface area contributed by atoms with Gasteiger partial charge in [0.25, 0.3) is 0 Å². The molecule has 4 nitrogen and oxygen atoms in total. The van der Waals surface area contributed by atoms with Gasteiger partial charge in [-0.05, 0) is 22.9 Å². The Labute approximate surface area is 110 Å². The molecule has 0 amide bonds. The SMILES string of the molecule is C=C(Br)c1nccn1/C(C(=O)OC)=C(\C)Br. The molecule has 0 saturated carbocycles. The predicted molar refractivity (Wildman–Crippen MR) is 70.0 cm³/mol. The van der Waals surface area contributed by atoms with Crippen molar-refractivity contribution in [3.63, 3.8) is 0 Å². The summed E-state index contributed by atoms with van der Waals surface area (Å²) in [5.74, 6) is 0.113. The Hall–Kier alpha value is -0.880. The van der Waals surface area contributed by atoms with Gasteiger partial charge in [-0.25, -0.2) is 9.78 Å².